The van der Waals surface area contributed by atoms with Crippen molar-refractivity contribution < 1.29 is 57.6 Å². The van der Waals surface area contributed by atoms with Crippen molar-refractivity contribution in [2.75, 3.05) is 6.61 Å². The maximum Gasteiger partial charge on any atom is 0.322 e. The molecule has 0 unspecified atom stereocenters. The highest BCUT2D eigenvalue weighted by molar-refractivity contribution is 8.01. The molecule has 1 aliphatic heterocycles. The lowest BCUT2D eigenvalue weighted by Gasteiger charge is -2.37. The average Bonchev–Trinajstić information content (AvgIpc) is 3.00. The fourth-order valence-corrected chi connectivity index (χ4v) is 4.99. The van der Waals surface area contributed by atoms with Gasteiger partial charge >= 0.3 is 35.8 Å². The van der Waals surface area contributed by atoms with Crippen LogP contribution in [0.3, 0.4) is 0 Å². The molecule has 13 nitrogen and oxygen atoms in total. The van der Waals surface area contributed by atoms with Crippen molar-refractivity contribution in [2.45, 2.75) is 89.0 Å². The number of ether oxygens (including phenoxy) is 5. The zero-order valence-corrected chi connectivity index (χ0v) is 21.3. The molecule has 0 aliphatic carbocycles. The summed E-state index contributed by atoms with van der Waals surface area (Å²) in [6.45, 7) is 8.07. The molecule has 6 atom stereocenters. The molecule has 1 aliphatic rings. The van der Waals surface area contributed by atoms with E-state index < -0.39 is 83.0 Å². The Bertz CT molecular complexity index is 844. The largest absolute Gasteiger partial charge is 0.480 e. The topological polar surface area (TPSA) is 181 Å². The van der Waals surface area contributed by atoms with Crippen LogP contribution in [0.2, 0.25) is 0 Å². The highest BCUT2D eigenvalue weighted by Gasteiger charge is 2.54. The molecule has 1 saturated heterocycles. The van der Waals surface area contributed by atoms with Crippen molar-refractivity contribution in [1.82, 2.24) is 5.32 Å². The number of esters is 5. The Morgan fingerprint density at radius 2 is 1.29 bits per heavy atom. The van der Waals surface area contributed by atoms with Crippen LogP contribution in [-0.2, 0) is 52.5 Å². The first-order valence-corrected chi connectivity index (χ1v) is 11.4. The molecule has 1 rings (SSSR count). The van der Waals surface area contributed by atoms with Gasteiger partial charge in [-0.15, -0.1) is 11.8 Å². The molecule has 0 bridgehead atoms. The van der Waals surface area contributed by atoms with E-state index in [4.69, 9.17) is 23.7 Å². The lowest BCUT2D eigenvalue weighted by atomic mass is 10.00. The van der Waals surface area contributed by atoms with Crippen LogP contribution in [0.15, 0.2) is 0 Å². The molecule has 14 heteroatoms. The summed E-state index contributed by atoms with van der Waals surface area (Å²) in [7, 11) is 0. The molecule has 198 valence electrons. The number of thioether (sulfide) groups is 1. The molecule has 2 N–H and O–H groups in total. The van der Waals surface area contributed by atoms with Crippen molar-refractivity contribution >= 4 is 47.6 Å². The van der Waals surface area contributed by atoms with E-state index in [1.807, 2.05) is 0 Å². The Balaban J connectivity index is 3.59. The standard InChI is InChI=1S/C21H31NO12S/c1-9(23)30-8-14(31-10(2)24)15(32-11(3)25)16(33-12(4)26)17(34-13(5)27)19-22-18(20(28)29)21(6,7)35-19/h14-19,22H,8H2,1-7H3,(H,28,29)/t14-,15+,16+,17-,18+,19+/m1/s1. The van der Waals surface area contributed by atoms with Crippen molar-refractivity contribution in [2.24, 2.45) is 0 Å². The third-order valence-corrected chi connectivity index (χ3v) is 6.19. The van der Waals surface area contributed by atoms with Crippen LogP contribution < -0.4 is 5.32 Å². The first kappa shape index (κ1) is 30.2. The highest BCUT2D eigenvalue weighted by Crippen LogP contribution is 2.41. The molecule has 0 aromatic rings. The number of rotatable bonds is 11. The lowest BCUT2D eigenvalue weighted by Crippen LogP contribution is -2.58. The summed E-state index contributed by atoms with van der Waals surface area (Å²) in [6, 6.07) is -1.08. The predicted octanol–water partition coefficient (Wildman–Crippen LogP) is 0.171. The van der Waals surface area contributed by atoms with Gasteiger partial charge in [-0.2, -0.15) is 0 Å². The van der Waals surface area contributed by atoms with E-state index in [1.165, 1.54) is 0 Å². The van der Waals surface area contributed by atoms with Crippen LogP contribution in [0.5, 0.6) is 0 Å². The second-order valence-electron chi connectivity index (χ2n) is 8.25. The highest BCUT2D eigenvalue weighted by atomic mass is 32.2. The van der Waals surface area contributed by atoms with Gasteiger partial charge in [-0.05, 0) is 13.8 Å². The van der Waals surface area contributed by atoms with Gasteiger partial charge in [0.1, 0.15) is 12.6 Å². The third kappa shape index (κ3) is 9.36. The van der Waals surface area contributed by atoms with Crippen LogP contribution >= 0.6 is 11.8 Å². The summed E-state index contributed by atoms with van der Waals surface area (Å²) in [4.78, 5) is 70.9. The Morgan fingerprint density at radius 3 is 1.69 bits per heavy atom. The van der Waals surface area contributed by atoms with Crippen molar-refractivity contribution in [3.8, 4) is 0 Å². The fourth-order valence-electron chi connectivity index (χ4n) is 3.49. The van der Waals surface area contributed by atoms with E-state index >= 15 is 0 Å². The van der Waals surface area contributed by atoms with Crippen LogP contribution in [0.4, 0.5) is 0 Å². The number of aliphatic carboxylic acids is 1. The predicted molar refractivity (Wildman–Crippen MR) is 119 cm³/mol. The summed E-state index contributed by atoms with van der Waals surface area (Å²) >= 11 is 1.10. The SMILES string of the molecule is CC(=O)OC[C@@H](OC(C)=O)[C@H](OC(C)=O)[C@H](OC(C)=O)[C@@H](OC(C)=O)[C@H]1N[C@@H](C(=O)O)C(C)(C)S1. The third-order valence-electron chi connectivity index (χ3n) is 4.69. The zero-order valence-electron chi connectivity index (χ0n) is 20.5. The van der Waals surface area contributed by atoms with E-state index in [1.54, 1.807) is 13.8 Å². The summed E-state index contributed by atoms with van der Waals surface area (Å²) in [5, 5.41) is 11.5. The molecule has 1 fully saturated rings. The van der Waals surface area contributed by atoms with Gasteiger partial charge in [-0.25, -0.2) is 0 Å². The van der Waals surface area contributed by atoms with Crippen molar-refractivity contribution in [3.05, 3.63) is 0 Å². The van der Waals surface area contributed by atoms with Gasteiger partial charge in [-0.1, -0.05) is 0 Å². The maximum absolute atomic E-state index is 12.0. The van der Waals surface area contributed by atoms with Gasteiger partial charge in [0.2, 0.25) is 0 Å². The van der Waals surface area contributed by atoms with Gasteiger partial charge < -0.3 is 28.8 Å². The number of carbonyl (C=O) groups excluding carboxylic acids is 5. The van der Waals surface area contributed by atoms with Gasteiger partial charge in [0.05, 0.1) is 5.37 Å². The molecule has 0 aromatic carbocycles. The lowest BCUT2D eigenvalue weighted by molar-refractivity contribution is -0.203. The van der Waals surface area contributed by atoms with E-state index in [-0.39, 0.29) is 0 Å². The molecule has 0 aromatic heterocycles. The normalized spacial score (nSPS) is 22.0. The van der Waals surface area contributed by atoms with Crippen molar-refractivity contribution in [3.63, 3.8) is 0 Å². The Hall–Kier alpha value is -2.87. The summed E-state index contributed by atoms with van der Waals surface area (Å²) in [5.74, 6) is -5.27. The molecule has 0 amide bonds. The first-order chi connectivity index (χ1) is 16.0. The number of carboxylic acids is 1. The number of hydrogen-bond donors (Lipinski definition) is 2. The zero-order chi connectivity index (χ0) is 27.1. The average molecular weight is 522 g/mol. The summed E-state index contributed by atoms with van der Waals surface area (Å²) < 4.78 is 25.4. The number of carboxylic acid groups (broad SMARTS) is 1. The fraction of sp³-hybridized carbons (Fsp3) is 0.714. The summed E-state index contributed by atoms with van der Waals surface area (Å²) in [5.41, 5.74) is 0. The minimum Gasteiger partial charge on any atom is -0.480 e. The van der Waals surface area contributed by atoms with Gasteiger partial charge in [0, 0.05) is 39.4 Å². The molecule has 1 heterocycles. The Morgan fingerprint density at radius 1 is 0.800 bits per heavy atom. The molecule has 35 heavy (non-hydrogen) atoms. The van der Waals surface area contributed by atoms with E-state index in [2.05, 4.69) is 5.32 Å². The number of nitrogens with one attached hydrogen (secondary N) is 1. The van der Waals surface area contributed by atoms with Crippen LogP contribution in [0, 0.1) is 0 Å². The van der Waals surface area contributed by atoms with E-state index in [9.17, 15) is 33.9 Å². The first-order valence-electron chi connectivity index (χ1n) is 10.5. The maximum atomic E-state index is 12.0. The summed E-state index contributed by atoms with van der Waals surface area (Å²) in [6.07, 6.45) is -6.06. The number of carbonyl (C=O) groups is 6. The van der Waals surface area contributed by atoms with Crippen molar-refractivity contribution in [1.29, 1.82) is 0 Å². The second kappa shape index (κ2) is 12.7. The monoisotopic (exact) mass is 521 g/mol. The quantitative estimate of drug-likeness (QED) is 0.277. The van der Waals surface area contributed by atoms with Crippen LogP contribution in [-0.4, -0.2) is 88.1 Å². The molecular weight excluding hydrogens is 490 g/mol. The van der Waals surface area contributed by atoms with Gasteiger partial charge in [0.15, 0.2) is 24.4 Å². The molecule has 0 saturated carbocycles. The van der Waals surface area contributed by atoms with Crippen LogP contribution in [0.25, 0.3) is 0 Å². The smallest absolute Gasteiger partial charge is 0.322 e. The van der Waals surface area contributed by atoms with Crippen LogP contribution in [0.1, 0.15) is 48.5 Å². The minimum atomic E-state index is -1.60. The second-order valence-corrected chi connectivity index (χ2v) is 10.0. The van der Waals surface area contributed by atoms with E-state index in [0.717, 1.165) is 46.4 Å². The molecule has 0 radical (unpaired) electrons. The molecule has 0 spiro atoms. The molecular formula is C21H31NO12S. The Labute approximate surface area is 206 Å². The Kier molecular flexibility index (Phi) is 11.0. The minimum absolute atomic E-state index is 0.577. The number of hydrogen-bond acceptors (Lipinski definition) is 13. The van der Waals surface area contributed by atoms with Gasteiger partial charge in [-0.3, -0.25) is 34.1 Å². The van der Waals surface area contributed by atoms with E-state index in [0.29, 0.717) is 0 Å². The van der Waals surface area contributed by atoms with Gasteiger partial charge in [0.25, 0.3) is 0 Å².